The molecule has 2 aromatic heterocycles. The Morgan fingerprint density at radius 3 is 1.32 bits per heavy atom. The minimum absolute atomic E-state index is 0.0780. The molecular formula is C59H60N6. The smallest absolute Gasteiger partial charge is 0.122 e. The predicted molar refractivity (Wildman–Crippen MR) is 279 cm³/mol. The van der Waals surface area contributed by atoms with Crippen molar-refractivity contribution < 1.29 is 0 Å². The van der Waals surface area contributed by atoms with E-state index < -0.39 is 0 Å². The number of rotatable bonds is 12. The van der Waals surface area contributed by atoms with Gasteiger partial charge in [0.2, 0.25) is 0 Å². The minimum atomic E-state index is -0.0780. The van der Waals surface area contributed by atoms with Crippen LogP contribution in [0, 0.1) is 0 Å². The molecule has 11 rings (SSSR count). The predicted octanol–water partition coefficient (Wildman–Crippen LogP) is 14.7. The van der Waals surface area contributed by atoms with Crippen LogP contribution in [-0.4, -0.2) is 41.0 Å². The molecule has 6 nitrogen and oxygen atoms in total. The highest BCUT2D eigenvalue weighted by molar-refractivity contribution is 6.10. The van der Waals surface area contributed by atoms with Crippen molar-refractivity contribution in [2.75, 3.05) is 41.0 Å². The summed E-state index contributed by atoms with van der Waals surface area (Å²) >= 11 is 0. The summed E-state index contributed by atoms with van der Waals surface area (Å²) in [5.74, 6) is 0. The number of fused-ring (bicyclic) bond motifs is 6. The topological polar surface area (TPSA) is 31.9 Å². The SMILES string of the molecule is CCN(CC)c1ccc(C=CC2=NN(c3ccccc3)C(c3ccc(N(CC)CC)cc3)C2)cc1.c1ccc2c(c1)c1ccccc1n2C1(n2c3ccccc3c3ccccc32)CCC1. The van der Waals surface area contributed by atoms with Crippen LogP contribution in [0.4, 0.5) is 17.1 Å². The molecule has 326 valence electrons. The summed E-state index contributed by atoms with van der Waals surface area (Å²) < 4.78 is 5.28. The molecular weight excluding hydrogens is 793 g/mol. The Bertz CT molecular complexity index is 2880. The molecule has 9 aromatic rings. The zero-order valence-electron chi connectivity index (χ0n) is 38.3. The molecule has 0 N–H and O–H groups in total. The van der Waals surface area contributed by atoms with Crippen molar-refractivity contribution in [3.8, 4) is 0 Å². The Morgan fingerprint density at radius 2 is 0.908 bits per heavy atom. The molecule has 0 spiro atoms. The number of hydrogen-bond donors (Lipinski definition) is 0. The van der Waals surface area contributed by atoms with Gasteiger partial charge in [0.1, 0.15) is 5.66 Å². The van der Waals surface area contributed by atoms with Gasteiger partial charge in [-0.25, -0.2) is 0 Å². The van der Waals surface area contributed by atoms with Crippen molar-refractivity contribution in [3.63, 3.8) is 0 Å². The van der Waals surface area contributed by atoms with E-state index in [0.717, 1.165) is 56.8 Å². The van der Waals surface area contributed by atoms with Gasteiger partial charge in [0.05, 0.1) is 39.5 Å². The second-order valence-electron chi connectivity index (χ2n) is 17.4. The van der Waals surface area contributed by atoms with E-state index in [9.17, 15) is 0 Å². The molecule has 1 atom stereocenters. The first-order valence-electron chi connectivity index (χ1n) is 23.8. The first-order chi connectivity index (χ1) is 32.0. The van der Waals surface area contributed by atoms with Crippen LogP contribution in [0.1, 0.15) is 70.5 Å². The molecule has 65 heavy (non-hydrogen) atoms. The summed E-state index contributed by atoms with van der Waals surface area (Å²) in [6.07, 6.45) is 8.79. The third-order valence-electron chi connectivity index (χ3n) is 14.0. The number of hydrazone groups is 1. The zero-order chi connectivity index (χ0) is 44.3. The lowest BCUT2D eigenvalue weighted by molar-refractivity contribution is 0.125. The summed E-state index contributed by atoms with van der Waals surface area (Å²) in [4.78, 5) is 4.74. The number of para-hydroxylation sites is 5. The van der Waals surface area contributed by atoms with Gasteiger partial charge in [0.15, 0.2) is 0 Å². The van der Waals surface area contributed by atoms with E-state index in [4.69, 9.17) is 5.10 Å². The van der Waals surface area contributed by atoms with E-state index in [1.165, 1.54) is 72.5 Å². The lowest BCUT2D eigenvalue weighted by atomic mass is 9.83. The summed E-state index contributed by atoms with van der Waals surface area (Å²) in [7, 11) is 0. The Kier molecular flexibility index (Phi) is 11.7. The maximum atomic E-state index is 5.04. The fourth-order valence-corrected chi connectivity index (χ4v) is 10.6. The Morgan fingerprint density at radius 1 is 0.492 bits per heavy atom. The van der Waals surface area contributed by atoms with Crippen LogP contribution in [0.5, 0.6) is 0 Å². The molecule has 2 aliphatic rings. The number of benzene rings is 7. The molecule has 1 aliphatic heterocycles. The van der Waals surface area contributed by atoms with E-state index in [-0.39, 0.29) is 11.7 Å². The second kappa shape index (κ2) is 18.2. The first kappa shape index (κ1) is 41.9. The molecule has 0 saturated heterocycles. The maximum Gasteiger partial charge on any atom is 0.122 e. The summed E-state index contributed by atoms with van der Waals surface area (Å²) in [5, 5.41) is 12.6. The van der Waals surface area contributed by atoms with Crippen molar-refractivity contribution in [3.05, 3.63) is 193 Å². The average molecular weight is 853 g/mol. The van der Waals surface area contributed by atoms with E-state index >= 15 is 0 Å². The first-order valence-corrected chi connectivity index (χ1v) is 23.8. The van der Waals surface area contributed by atoms with Crippen LogP contribution >= 0.6 is 0 Å². The van der Waals surface area contributed by atoms with Gasteiger partial charge in [-0.3, -0.25) is 5.01 Å². The van der Waals surface area contributed by atoms with Crippen LogP contribution in [0.2, 0.25) is 0 Å². The lowest BCUT2D eigenvalue weighted by Gasteiger charge is -2.46. The highest BCUT2D eigenvalue weighted by Gasteiger charge is 2.44. The molecule has 1 saturated carbocycles. The molecule has 7 aromatic carbocycles. The van der Waals surface area contributed by atoms with E-state index in [2.05, 4.69) is 240 Å². The van der Waals surface area contributed by atoms with Crippen LogP contribution < -0.4 is 14.8 Å². The quantitative estimate of drug-likeness (QED) is 0.123. The van der Waals surface area contributed by atoms with Crippen LogP contribution in [-0.2, 0) is 5.66 Å². The normalized spacial score (nSPS) is 15.7. The number of nitrogens with zero attached hydrogens (tertiary/aromatic N) is 6. The molecule has 1 fully saturated rings. The Balaban J connectivity index is 0.000000154. The number of anilines is 3. The van der Waals surface area contributed by atoms with Gasteiger partial charge >= 0.3 is 0 Å². The van der Waals surface area contributed by atoms with E-state index in [1.54, 1.807) is 0 Å². The van der Waals surface area contributed by atoms with Crippen molar-refractivity contribution in [1.82, 2.24) is 9.13 Å². The summed E-state index contributed by atoms with van der Waals surface area (Å²) in [6, 6.07) is 64.1. The molecule has 0 radical (unpaired) electrons. The molecule has 1 aliphatic carbocycles. The summed E-state index contributed by atoms with van der Waals surface area (Å²) in [5.41, 5.74) is 12.5. The standard InChI is InChI=1S/C31H38N4.C28H22N2/c1-5-33(6-2)28-20-15-25(16-21-28)14-19-27-24-31(35(32-27)30-12-10-9-11-13-30)26-17-22-29(23-18-26)34(7-3)8-4;1-5-14-24-20(10-1)21-11-2-6-15-25(21)29(24)28(18-9-19-28)30-26-16-7-3-12-22(26)23-13-4-8-17-27(23)30/h9-23,31H,5-8,24H2,1-4H3;1-8,10-17H,9,18-19H2. The minimum Gasteiger partial charge on any atom is -0.372 e. The molecule has 0 bridgehead atoms. The van der Waals surface area contributed by atoms with Gasteiger partial charge in [-0.15, -0.1) is 0 Å². The third kappa shape index (κ3) is 7.65. The van der Waals surface area contributed by atoms with Crippen LogP contribution in [0.15, 0.2) is 187 Å². The molecule has 1 unspecified atom stereocenters. The van der Waals surface area contributed by atoms with Gasteiger partial charge in [0.25, 0.3) is 0 Å². The maximum absolute atomic E-state index is 5.04. The Labute approximate surface area is 384 Å². The van der Waals surface area contributed by atoms with Crippen LogP contribution in [0.3, 0.4) is 0 Å². The number of hydrogen-bond acceptors (Lipinski definition) is 4. The van der Waals surface area contributed by atoms with Crippen molar-refractivity contribution in [1.29, 1.82) is 0 Å². The fourth-order valence-electron chi connectivity index (χ4n) is 10.6. The van der Waals surface area contributed by atoms with Gasteiger partial charge in [-0.2, -0.15) is 5.10 Å². The van der Waals surface area contributed by atoms with Gasteiger partial charge in [0, 0.05) is 65.5 Å². The Hall–Kier alpha value is -7.05. The number of allylic oxidation sites excluding steroid dienone is 1. The van der Waals surface area contributed by atoms with Crippen molar-refractivity contribution in [2.45, 2.75) is 65.1 Å². The highest BCUT2D eigenvalue weighted by Crippen LogP contribution is 2.49. The van der Waals surface area contributed by atoms with Crippen molar-refractivity contribution >= 4 is 72.5 Å². The van der Waals surface area contributed by atoms with E-state index in [1.807, 2.05) is 0 Å². The van der Waals surface area contributed by atoms with Gasteiger partial charge in [-0.05, 0) is 125 Å². The average Bonchev–Trinajstić information content (AvgIpc) is 4.04. The highest BCUT2D eigenvalue weighted by atomic mass is 15.5. The summed E-state index contributed by atoms with van der Waals surface area (Å²) in [6.45, 7) is 12.9. The van der Waals surface area contributed by atoms with Gasteiger partial charge < -0.3 is 18.9 Å². The van der Waals surface area contributed by atoms with Crippen molar-refractivity contribution in [2.24, 2.45) is 5.10 Å². The largest absolute Gasteiger partial charge is 0.372 e. The molecule has 0 amide bonds. The third-order valence-corrected chi connectivity index (χ3v) is 14.0. The lowest BCUT2D eigenvalue weighted by Crippen LogP contribution is -2.47. The van der Waals surface area contributed by atoms with Crippen LogP contribution in [0.25, 0.3) is 49.7 Å². The molecule has 6 heteroatoms. The monoisotopic (exact) mass is 852 g/mol. The second-order valence-corrected chi connectivity index (χ2v) is 17.4. The van der Waals surface area contributed by atoms with Gasteiger partial charge in [-0.1, -0.05) is 121 Å². The molecule has 3 heterocycles. The zero-order valence-corrected chi connectivity index (χ0v) is 38.3. The number of aromatic nitrogens is 2. The van der Waals surface area contributed by atoms with E-state index in [0.29, 0.717) is 0 Å². The fraction of sp³-hybridized carbons (Fsp3) is 0.237.